The molecule has 120 valence electrons. The summed E-state index contributed by atoms with van der Waals surface area (Å²) in [6, 6.07) is 7.94. The number of amides is 1. The number of carbonyl (C=O) groups excluding carboxylic acids is 1. The van der Waals surface area contributed by atoms with Crippen molar-refractivity contribution in [2.24, 2.45) is 11.0 Å². The van der Waals surface area contributed by atoms with Gasteiger partial charge in [-0.1, -0.05) is 31.5 Å². The summed E-state index contributed by atoms with van der Waals surface area (Å²) in [5.41, 5.74) is 3.41. The molecule has 1 atom stereocenters. The van der Waals surface area contributed by atoms with Crippen LogP contribution in [0.15, 0.2) is 40.3 Å². The lowest BCUT2D eigenvalue weighted by molar-refractivity contribution is -0.119. The number of nitrogens with zero attached hydrogens (tertiary/aromatic N) is 1. The summed E-state index contributed by atoms with van der Waals surface area (Å²) >= 11 is 0. The normalized spacial score (nSPS) is 20.8. The highest BCUT2D eigenvalue weighted by molar-refractivity contribution is 7.89. The van der Waals surface area contributed by atoms with Crippen molar-refractivity contribution in [1.29, 1.82) is 0 Å². The average molecular weight is 323 g/mol. The van der Waals surface area contributed by atoms with Crippen molar-refractivity contribution in [2.45, 2.75) is 37.5 Å². The number of hydrazone groups is 1. The molecular formula is C15H21N3O3S. The molecule has 1 saturated carbocycles. The molecule has 1 aliphatic carbocycles. The second-order valence-electron chi connectivity index (χ2n) is 5.42. The van der Waals surface area contributed by atoms with Crippen LogP contribution in [-0.2, 0) is 14.8 Å². The van der Waals surface area contributed by atoms with E-state index in [1.165, 1.54) is 18.6 Å². The molecule has 2 N–H and O–H groups in total. The lowest BCUT2D eigenvalue weighted by atomic mass is 9.89. The summed E-state index contributed by atoms with van der Waals surface area (Å²) in [5.74, 6) is -0.0974. The first kappa shape index (κ1) is 16.6. The molecule has 1 amide bonds. The minimum Gasteiger partial charge on any atom is -0.272 e. The number of hydrogen-bond donors (Lipinski definition) is 2. The van der Waals surface area contributed by atoms with E-state index in [1.54, 1.807) is 18.2 Å². The maximum absolute atomic E-state index is 12.0. The van der Waals surface area contributed by atoms with E-state index in [-0.39, 0.29) is 11.4 Å². The maximum Gasteiger partial charge on any atom is 0.255 e. The molecule has 2 rings (SSSR count). The van der Waals surface area contributed by atoms with Crippen LogP contribution in [-0.4, -0.2) is 26.6 Å². The zero-order chi connectivity index (χ0) is 16.0. The zero-order valence-electron chi connectivity index (χ0n) is 12.6. The molecule has 1 aromatic carbocycles. The highest BCUT2D eigenvalue weighted by atomic mass is 32.2. The third kappa shape index (κ3) is 4.64. The van der Waals surface area contributed by atoms with Gasteiger partial charge in [-0.05, 0) is 37.3 Å². The number of sulfonamides is 1. The number of hydrogen-bond acceptors (Lipinski definition) is 4. The largest absolute Gasteiger partial charge is 0.272 e. The number of benzene rings is 1. The van der Waals surface area contributed by atoms with Gasteiger partial charge in [0.2, 0.25) is 10.0 Å². The first-order valence-corrected chi connectivity index (χ1v) is 8.87. The summed E-state index contributed by atoms with van der Waals surface area (Å²) in [4.78, 5) is 11.9. The number of rotatable bonds is 5. The van der Waals surface area contributed by atoms with Gasteiger partial charge in [0.1, 0.15) is 0 Å². The fourth-order valence-corrected chi connectivity index (χ4v) is 3.36. The molecule has 1 aromatic rings. The van der Waals surface area contributed by atoms with Crippen molar-refractivity contribution >= 4 is 21.6 Å². The van der Waals surface area contributed by atoms with E-state index >= 15 is 0 Å². The van der Waals surface area contributed by atoms with Crippen molar-refractivity contribution < 1.29 is 13.2 Å². The molecule has 0 spiro atoms. The molecular weight excluding hydrogens is 302 g/mol. The Morgan fingerprint density at radius 1 is 1.27 bits per heavy atom. The lowest BCUT2D eigenvalue weighted by Crippen LogP contribution is -2.35. The van der Waals surface area contributed by atoms with Gasteiger partial charge in [0.15, 0.2) is 0 Å². The van der Waals surface area contributed by atoms with E-state index in [1.807, 2.05) is 0 Å². The molecule has 0 bridgehead atoms. The second-order valence-corrected chi connectivity index (χ2v) is 7.19. The molecule has 0 heterocycles. The molecule has 7 heteroatoms. The molecule has 22 heavy (non-hydrogen) atoms. The van der Waals surface area contributed by atoms with Crippen molar-refractivity contribution in [3.8, 4) is 0 Å². The summed E-state index contributed by atoms with van der Waals surface area (Å²) < 4.78 is 26.2. The third-order valence-electron chi connectivity index (χ3n) is 3.69. The van der Waals surface area contributed by atoms with Crippen molar-refractivity contribution in [1.82, 2.24) is 10.1 Å². The first-order valence-electron chi connectivity index (χ1n) is 7.39. The van der Waals surface area contributed by atoms with Gasteiger partial charge in [0.05, 0.1) is 11.4 Å². The van der Waals surface area contributed by atoms with Crippen molar-refractivity contribution in [3.05, 3.63) is 30.3 Å². The van der Waals surface area contributed by atoms with Gasteiger partial charge >= 0.3 is 0 Å². The van der Waals surface area contributed by atoms with Gasteiger partial charge in [0, 0.05) is 5.71 Å². The smallest absolute Gasteiger partial charge is 0.255 e. The van der Waals surface area contributed by atoms with Gasteiger partial charge in [-0.25, -0.2) is 18.6 Å². The minimum atomic E-state index is -3.67. The fraction of sp³-hybridized carbons (Fsp3) is 0.467. The summed E-state index contributed by atoms with van der Waals surface area (Å²) in [6.07, 6.45) is 4.23. The molecule has 0 aliphatic heterocycles. The first-order chi connectivity index (χ1) is 10.5. The predicted octanol–water partition coefficient (Wildman–Crippen LogP) is 1.65. The fourth-order valence-electron chi connectivity index (χ4n) is 2.35. The van der Waals surface area contributed by atoms with E-state index in [4.69, 9.17) is 0 Å². The summed E-state index contributed by atoms with van der Waals surface area (Å²) in [7, 11) is -3.67. The van der Waals surface area contributed by atoms with E-state index < -0.39 is 15.9 Å². The van der Waals surface area contributed by atoms with Gasteiger partial charge in [-0.3, -0.25) is 4.79 Å². The SMILES string of the molecule is C[C@@H]1CCCC/C1=N/NC(=O)CNS(=O)(=O)c1ccccc1. The van der Waals surface area contributed by atoms with Crippen LogP contribution in [0.4, 0.5) is 0 Å². The summed E-state index contributed by atoms with van der Waals surface area (Å²) in [6.45, 7) is 1.75. The van der Waals surface area contributed by atoms with Gasteiger partial charge in [-0.15, -0.1) is 0 Å². The highest BCUT2D eigenvalue weighted by Crippen LogP contribution is 2.20. The van der Waals surface area contributed by atoms with Crippen LogP contribution in [0.2, 0.25) is 0 Å². The van der Waals surface area contributed by atoms with Gasteiger partial charge in [0.25, 0.3) is 5.91 Å². The van der Waals surface area contributed by atoms with Crippen LogP contribution in [0.1, 0.15) is 32.6 Å². The predicted molar refractivity (Wildman–Crippen MR) is 84.8 cm³/mol. The quantitative estimate of drug-likeness (QED) is 0.808. The van der Waals surface area contributed by atoms with E-state index in [9.17, 15) is 13.2 Å². The monoisotopic (exact) mass is 323 g/mol. The Hall–Kier alpha value is -1.73. The standard InChI is InChI=1S/C15H21N3O3S/c1-12-7-5-6-10-14(12)17-18-15(19)11-16-22(20,21)13-8-3-2-4-9-13/h2-4,8-9,12,16H,5-7,10-11H2,1H3,(H,18,19)/b17-14-/t12-/m1/s1. The molecule has 6 nitrogen and oxygen atoms in total. The molecule has 0 saturated heterocycles. The lowest BCUT2D eigenvalue weighted by Gasteiger charge is -2.19. The summed E-state index contributed by atoms with van der Waals surface area (Å²) in [5, 5.41) is 4.12. The topological polar surface area (TPSA) is 87.6 Å². The highest BCUT2D eigenvalue weighted by Gasteiger charge is 2.17. The van der Waals surface area contributed by atoms with Crippen LogP contribution >= 0.6 is 0 Å². The Bertz CT molecular complexity index is 641. The van der Waals surface area contributed by atoms with E-state index in [2.05, 4.69) is 22.2 Å². The Morgan fingerprint density at radius 2 is 2.00 bits per heavy atom. The minimum absolute atomic E-state index is 0.134. The molecule has 1 fully saturated rings. The van der Waals surface area contributed by atoms with E-state index in [0.29, 0.717) is 5.92 Å². The second kappa shape index (κ2) is 7.51. The van der Waals surface area contributed by atoms with Gasteiger partial charge in [-0.2, -0.15) is 5.10 Å². The Labute approximate surface area is 131 Å². The zero-order valence-corrected chi connectivity index (χ0v) is 13.4. The molecule has 0 radical (unpaired) electrons. The van der Waals surface area contributed by atoms with Crippen LogP contribution in [0.25, 0.3) is 0 Å². The molecule has 0 unspecified atom stereocenters. The molecule has 0 aromatic heterocycles. The number of nitrogens with one attached hydrogen (secondary N) is 2. The Kier molecular flexibility index (Phi) is 5.68. The van der Waals surface area contributed by atoms with E-state index in [0.717, 1.165) is 25.0 Å². The maximum atomic E-state index is 12.0. The third-order valence-corrected chi connectivity index (χ3v) is 5.11. The van der Waals surface area contributed by atoms with Crippen LogP contribution in [0, 0.1) is 5.92 Å². The Balaban J connectivity index is 1.86. The average Bonchev–Trinajstić information content (AvgIpc) is 2.53. The Morgan fingerprint density at radius 3 is 2.68 bits per heavy atom. The number of carbonyl (C=O) groups is 1. The van der Waals surface area contributed by atoms with Crippen molar-refractivity contribution in [2.75, 3.05) is 6.54 Å². The van der Waals surface area contributed by atoms with Crippen LogP contribution in [0.5, 0.6) is 0 Å². The van der Waals surface area contributed by atoms with Gasteiger partial charge < -0.3 is 0 Å². The van der Waals surface area contributed by atoms with Crippen molar-refractivity contribution in [3.63, 3.8) is 0 Å². The van der Waals surface area contributed by atoms with Crippen LogP contribution in [0.3, 0.4) is 0 Å². The van der Waals surface area contributed by atoms with Crippen LogP contribution < -0.4 is 10.1 Å². The molecule has 1 aliphatic rings.